The molecule has 1 fully saturated rings. The minimum atomic E-state index is -0.169. The number of hydrogen-bond acceptors (Lipinski definition) is 2. The van der Waals surface area contributed by atoms with Gasteiger partial charge in [0.2, 0.25) is 0 Å². The largest absolute Gasteiger partial charge is 0.342 e. The van der Waals surface area contributed by atoms with Crippen LogP contribution < -0.4 is 11.1 Å². The first-order valence-electron chi connectivity index (χ1n) is 5.21. The first-order valence-corrected chi connectivity index (χ1v) is 5.21. The third-order valence-electron chi connectivity index (χ3n) is 2.77. The Bertz CT molecular complexity index is 252. The number of rotatable bonds is 2. The van der Waals surface area contributed by atoms with Gasteiger partial charge in [-0.3, -0.25) is 4.79 Å². The summed E-state index contributed by atoms with van der Waals surface area (Å²) in [5.74, 6) is 5.36. The summed E-state index contributed by atoms with van der Waals surface area (Å²) in [5.41, 5.74) is 5.66. The topological polar surface area (TPSA) is 55.1 Å². The average Bonchev–Trinajstić information content (AvgIpc) is 2.19. The lowest BCUT2D eigenvalue weighted by atomic mass is 9.84. The summed E-state index contributed by atoms with van der Waals surface area (Å²) in [6.45, 7) is 2.32. The lowest BCUT2D eigenvalue weighted by Crippen LogP contribution is -2.44. The van der Waals surface area contributed by atoms with Crippen LogP contribution in [0.25, 0.3) is 0 Å². The van der Waals surface area contributed by atoms with Crippen LogP contribution in [0.1, 0.15) is 32.6 Å². The summed E-state index contributed by atoms with van der Waals surface area (Å²) in [4.78, 5) is 11.2. The van der Waals surface area contributed by atoms with Crippen molar-refractivity contribution in [3.05, 3.63) is 0 Å². The molecule has 0 bridgehead atoms. The molecule has 3 nitrogen and oxygen atoms in total. The minimum Gasteiger partial charge on any atom is -0.342 e. The highest BCUT2D eigenvalue weighted by atomic mass is 16.1. The van der Waals surface area contributed by atoms with Gasteiger partial charge in [0.1, 0.15) is 0 Å². The van der Waals surface area contributed by atoms with Crippen molar-refractivity contribution in [1.29, 1.82) is 0 Å². The maximum Gasteiger partial charge on any atom is 0.296 e. The molecule has 3 heteroatoms. The van der Waals surface area contributed by atoms with E-state index in [4.69, 9.17) is 5.73 Å². The summed E-state index contributed by atoms with van der Waals surface area (Å²) >= 11 is 0. The Labute approximate surface area is 85.4 Å². The van der Waals surface area contributed by atoms with Crippen molar-refractivity contribution in [3.63, 3.8) is 0 Å². The van der Waals surface area contributed by atoms with Gasteiger partial charge >= 0.3 is 0 Å². The lowest BCUT2D eigenvalue weighted by molar-refractivity contribution is -0.116. The molecule has 1 amide bonds. The van der Waals surface area contributed by atoms with Crippen molar-refractivity contribution in [2.24, 2.45) is 11.7 Å². The first-order chi connectivity index (χ1) is 6.77. The van der Waals surface area contributed by atoms with E-state index in [2.05, 4.69) is 17.2 Å². The second-order valence-electron chi connectivity index (χ2n) is 3.74. The van der Waals surface area contributed by atoms with Crippen molar-refractivity contribution in [3.8, 4) is 11.8 Å². The normalized spacial score (nSPS) is 26.1. The maximum absolute atomic E-state index is 11.2. The number of carbonyl (C=O) groups excluding carboxylic acids is 1. The van der Waals surface area contributed by atoms with Crippen LogP contribution in [0.4, 0.5) is 0 Å². The van der Waals surface area contributed by atoms with Gasteiger partial charge in [0, 0.05) is 6.04 Å². The Morgan fingerprint density at radius 1 is 1.50 bits per heavy atom. The molecular formula is C11H18N2O. The molecule has 1 rings (SSSR count). The summed E-state index contributed by atoms with van der Waals surface area (Å²) in [6, 6.07) is 0.238. The van der Waals surface area contributed by atoms with Gasteiger partial charge in [-0.2, -0.15) is 0 Å². The second-order valence-corrected chi connectivity index (χ2v) is 3.74. The average molecular weight is 194 g/mol. The van der Waals surface area contributed by atoms with E-state index in [9.17, 15) is 4.79 Å². The summed E-state index contributed by atoms with van der Waals surface area (Å²) in [7, 11) is 0. The second kappa shape index (κ2) is 5.66. The van der Waals surface area contributed by atoms with Crippen molar-refractivity contribution < 1.29 is 4.79 Å². The molecule has 1 aliphatic rings. The van der Waals surface area contributed by atoms with Gasteiger partial charge in [-0.1, -0.05) is 18.8 Å². The quantitative estimate of drug-likeness (QED) is 0.634. The summed E-state index contributed by atoms with van der Waals surface area (Å²) < 4.78 is 0. The van der Waals surface area contributed by atoms with Crippen LogP contribution in [0.2, 0.25) is 0 Å². The zero-order valence-corrected chi connectivity index (χ0v) is 8.68. The third-order valence-corrected chi connectivity index (χ3v) is 2.77. The van der Waals surface area contributed by atoms with E-state index < -0.39 is 0 Å². The minimum absolute atomic E-state index is 0.169. The molecule has 3 N–H and O–H groups in total. The zero-order valence-electron chi connectivity index (χ0n) is 8.68. The van der Waals surface area contributed by atoms with Gasteiger partial charge in [-0.05, 0) is 38.1 Å². The molecule has 2 unspecified atom stereocenters. The molecule has 0 aromatic rings. The Morgan fingerprint density at radius 3 is 2.86 bits per heavy atom. The van der Waals surface area contributed by atoms with Gasteiger partial charge < -0.3 is 11.1 Å². The molecular weight excluding hydrogens is 176 g/mol. The van der Waals surface area contributed by atoms with Crippen LogP contribution in [0.5, 0.6) is 0 Å². The van der Waals surface area contributed by atoms with Crippen molar-refractivity contribution in [1.82, 2.24) is 5.32 Å². The molecule has 0 saturated heterocycles. The Morgan fingerprint density at radius 2 is 2.21 bits per heavy atom. The number of hydrogen-bond donors (Lipinski definition) is 2. The van der Waals surface area contributed by atoms with Crippen molar-refractivity contribution in [2.45, 2.75) is 38.6 Å². The molecule has 1 aliphatic carbocycles. The van der Waals surface area contributed by atoms with Crippen LogP contribution in [0.15, 0.2) is 0 Å². The van der Waals surface area contributed by atoms with E-state index >= 15 is 0 Å². The Hall–Kier alpha value is -1.01. The van der Waals surface area contributed by atoms with Crippen LogP contribution >= 0.6 is 0 Å². The fourth-order valence-electron chi connectivity index (χ4n) is 2.00. The molecule has 0 aromatic carbocycles. The molecule has 14 heavy (non-hydrogen) atoms. The van der Waals surface area contributed by atoms with Crippen LogP contribution in [0.3, 0.4) is 0 Å². The van der Waals surface area contributed by atoms with E-state index in [0.29, 0.717) is 12.5 Å². The number of nitrogens with two attached hydrogens (primary N) is 1. The highest BCUT2D eigenvalue weighted by molar-refractivity contribution is 5.93. The van der Waals surface area contributed by atoms with Gasteiger partial charge in [0.25, 0.3) is 5.91 Å². The highest BCUT2D eigenvalue weighted by Crippen LogP contribution is 2.23. The van der Waals surface area contributed by atoms with Gasteiger partial charge in [0.05, 0.1) is 0 Å². The van der Waals surface area contributed by atoms with Crippen LogP contribution in [-0.4, -0.2) is 18.5 Å². The fraction of sp³-hybridized carbons (Fsp3) is 0.727. The standard InChI is InChI=1S/C11H18N2O/c1-2-5-11(14)13-10-7-4-3-6-9(10)8-12/h9-10H,3-4,6-8,12H2,1H3,(H,13,14). The van der Waals surface area contributed by atoms with Crippen LogP contribution in [0, 0.1) is 17.8 Å². The van der Waals surface area contributed by atoms with E-state index in [-0.39, 0.29) is 11.9 Å². The van der Waals surface area contributed by atoms with Crippen LogP contribution in [-0.2, 0) is 4.79 Å². The molecule has 0 radical (unpaired) electrons. The lowest BCUT2D eigenvalue weighted by Gasteiger charge is -2.30. The molecule has 0 heterocycles. The molecule has 1 saturated carbocycles. The summed E-state index contributed by atoms with van der Waals surface area (Å²) in [6.07, 6.45) is 4.58. The monoisotopic (exact) mass is 194 g/mol. The molecule has 2 atom stereocenters. The Kier molecular flexibility index (Phi) is 4.48. The summed E-state index contributed by atoms with van der Waals surface area (Å²) in [5, 5.41) is 2.93. The number of carbonyl (C=O) groups is 1. The van der Waals surface area contributed by atoms with E-state index in [1.54, 1.807) is 6.92 Å². The third kappa shape index (κ3) is 3.04. The fourth-order valence-corrected chi connectivity index (χ4v) is 2.00. The molecule has 78 valence electrons. The van der Waals surface area contributed by atoms with Crippen molar-refractivity contribution >= 4 is 5.91 Å². The Balaban J connectivity index is 2.46. The van der Waals surface area contributed by atoms with Gasteiger partial charge in [-0.15, -0.1) is 0 Å². The number of nitrogens with one attached hydrogen (secondary N) is 1. The predicted octanol–water partition coefficient (Wildman–Crippen LogP) is 0.643. The molecule has 0 aromatic heterocycles. The molecule has 0 aliphatic heterocycles. The maximum atomic E-state index is 11.2. The first kappa shape index (κ1) is 11.1. The zero-order chi connectivity index (χ0) is 10.4. The predicted molar refractivity (Wildman–Crippen MR) is 56.4 cm³/mol. The van der Waals surface area contributed by atoms with E-state index in [1.165, 1.54) is 12.8 Å². The number of amides is 1. The van der Waals surface area contributed by atoms with Crippen molar-refractivity contribution in [2.75, 3.05) is 6.54 Å². The molecule has 0 spiro atoms. The van der Waals surface area contributed by atoms with E-state index in [0.717, 1.165) is 12.8 Å². The SMILES string of the molecule is CC#CC(=O)NC1CCCCC1CN. The smallest absolute Gasteiger partial charge is 0.296 e. The van der Waals surface area contributed by atoms with Gasteiger partial charge in [0.15, 0.2) is 0 Å². The highest BCUT2D eigenvalue weighted by Gasteiger charge is 2.24. The van der Waals surface area contributed by atoms with E-state index in [1.807, 2.05) is 0 Å². The van der Waals surface area contributed by atoms with Gasteiger partial charge in [-0.25, -0.2) is 0 Å².